The van der Waals surface area contributed by atoms with Crippen molar-refractivity contribution in [3.8, 4) is 0 Å². The van der Waals surface area contributed by atoms with E-state index in [1.165, 1.54) is 0 Å². The van der Waals surface area contributed by atoms with Crippen LogP contribution in [0.25, 0.3) is 0 Å². The molecule has 1 saturated heterocycles. The zero-order chi connectivity index (χ0) is 15.7. The zero-order valence-electron chi connectivity index (χ0n) is 12.4. The second kappa shape index (κ2) is 6.50. The molecule has 1 N–H and O–H groups in total. The van der Waals surface area contributed by atoms with Crippen LogP contribution >= 0.6 is 23.4 Å². The van der Waals surface area contributed by atoms with Crippen LogP contribution in [0, 0.1) is 0 Å². The summed E-state index contributed by atoms with van der Waals surface area (Å²) in [4.78, 5) is 26.0. The number of carbonyl (C=O) groups is 2. The van der Waals surface area contributed by atoms with Gasteiger partial charge in [-0.3, -0.25) is 9.59 Å². The van der Waals surface area contributed by atoms with Crippen LogP contribution in [-0.2, 0) is 9.59 Å². The molecule has 1 aliphatic heterocycles. The number of nitrogens with zero attached hydrogens (tertiary/aromatic N) is 1. The van der Waals surface area contributed by atoms with E-state index in [-0.39, 0.29) is 22.4 Å². The Hall–Kier alpha value is -1.20. The van der Waals surface area contributed by atoms with E-state index in [1.54, 1.807) is 16.7 Å². The van der Waals surface area contributed by atoms with E-state index in [0.29, 0.717) is 24.0 Å². The molecule has 1 saturated carbocycles. The standard InChI is InChI=1S/C16H19ClN2O2S/c1-10-15(21)19(9-8-14(20)18-11-6-7-11)16(22-10)12-4-2-3-5-13(12)17/h2-5,10-11,16H,6-9H2,1H3,(H,18,20)/t10-,16+/m1/s1. The molecule has 4 nitrogen and oxygen atoms in total. The van der Waals surface area contributed by atoms with Gasteiger partial charge in [0.1, 0.15) is 5.37 Å². The van der Waals surface area contributed by atoms with Gasteiger partial charge in [0.15, 0.2) is 0 Å². The van der Waals surface area contributed by atoms with Crippen LogP contribution in [0.4, 0.5) is 0 Å². The van der Waals surface area contributed by atoms with Gasteiger partial charge in [0.2, 0.25) is 11.8 Å². The molecule has 22 heavy (non-hydrogen) atoms. The third-order valence-corrected chi connectivity index (χ3v) is 5.66. The van der Waals surface area contributed by atoms with Crippen molar-refractivity contribution in [2.45, 2.75) is 42.9 Å². The molecule has 0 unspecified atom stereocenters. The fourth-order valence-electron chi connectivity index (χ4n) is 2.57. The number of nitrogens with one attached hydrogen (secondary N) is 1. The van der Waals surface area contributed by atoms with Gasteiger partial charge in [-0.05, 0) is 25.8 Å². The summed E-state index contributed by atoms with van der Waals surface area (Å²) in [6, 6.07) is 7.94. The Morgan fingerprint density at radius 1 is 1.41 bits per heavy atom. The molecule has 0 bridgehead atoms. The average Bonchev–Trinajstić information content (AvgIpc) is 3.25. The molecule has 1 aromatic rings. The molecule has 0 spiro atoms. The molecule has 2 fully saturated rings. The van der Waals surface area contributed by atoms with Crippen LogP contribution in [0.1, 0.15) is 37.1 Å². The predicted molar refractivity (Wildman–Crippen MR) is 88.7 cm³/mol. The van der Waals surface area contributed by atoms with Crippen molar-refractivity contribution in [1.82, 2.24) is 10.2 Å². The first-order valence-electron chi connectivity index (χ1n) is 7.56. The van der Waals surface area contributed by atoms with Crippen LogP contribution in [0.5, 0.6) is 0 Å². The summed E-state index contributed by atoms with van der Waals surface area (Å²) in [5.41, 5.74) is 0.939. The fourth-order valence-corrected chi connectivity index (χ4v) is 4.22. The van der Waals surface area contributed by atoms with E-state index < -0.39 is 0 Å². The highest BCUT2D eigenvalue weighted by atomic mass is 35.5. The fraction of sp³-hybridized carbons (Fsp3) is 0.500. The lowest BCUT2D eigenvalue weighted by molar-refractivity contribution is -0.130. The van der Waals surface area contributed by atoms with Gasteiger partial charge in [-0.25, -0.2) is 0 Å². The maximum Gasteiger partial charge on any atom is 0.236 e. The number of benzene rings is 1. The molecule has 1 heterocycles. The lowest BCUT2D eigenvalue weighted by atomic mass is 10.2. The largest absolute Gasteiger partial charge is 0.353 e. The van der Waals surface area contributed by atoms with Gasteiger partial charge >= 0.3 is 0 Å². The van der Waals surface area contributed by atoms with Crippen LogP contribution in [0.2, 0.25) is 5.02 Å². The number of rotatable bonds is 5. The SMILES string of the molecule is C[C@H]1S[C@@H](c2ccccc2Cl)N(CCC(=O)NC2CC2)C1=O. The molecule has 3 rings (SSSR count). The first-order chi connectivity index (χ1) is 10.6. The molecule has 6 heteroatoms. The summed E-state index contributed by atoms with van der Waals surface area (Å²) in [5, 5.41) is 3.41. The molecule has 0 radical (unpaired) electrons. The molecule has 1 aromatic carbocycles. The van der Waals surface area contributed by atoms with Gasteiger partial charge in [-0.2, -0.15) is 0 Å². The van der Waals surface area contributed by atoms with E-state index in [9.17, 15) is 9.59 Å². The number of hydrogen-bond acceptors (Lipinski definition) is 3. The van der Waals surface area contributed by atoms with Crippen LogP contribution in [0.3, 0.4) is 0 Å². The molecule has 2 atom stereocenters. The smallest absolute Gasteiger partial charge is 0.236 e. The minimum atomic E-state index is -0.107. The molecule has 2 aliphatic rings. The summed E-state index contributed by atoms with van der Waals surface area (Å²) in [5.74, 6) is 0.104. The van der Waals surface area contributed by atoms with E-state index >= 15 is 0 Å². The molecular weight excluding hydrogens is 320 g/mol. The zero-order valence-corrected chi connectivity index (χ0v) is 14.0. The minimum Gasteiger partial charge on any atom is -0.353 e. The van der Waals surface area contributed by atoms with Crippen LogP contribution < -0.4 is 5.32 Å². The Morgan fingerprint density at radius 2 is 2.14 bits per heavy atom. The molecule has 118 valence electrons. The van der Waals surface area contributed by atoms with Crippen molar-refractivity contribution >= 4 is 35.2 Å². The van der Waals surface area contributed by atoms with Gasteiger partial charge in [0.05, 0.1) is 5.25 Å². The molecule has 0 aromatic heterocycles. The van der Waals surface area contributed by atoms with Crippen molar-refractivity contribution in [3.05, 3.63) is 34.9 Å². The summed E-state index contributed by atoms with van der Waals surface area (Å²) >= 11 is 7.86. The summed E-state index contributed by atoms with van der Waals surface area (Å²) in [6.07, 6.45) is 2.49. The first-order valence-corrected chi connectivity index (χ1v) is 8.88. The third kappa shape index (κ3) is 3.41. The normalized spacial score (nSPS) is 24.6. The number of carbonyl (C=O) groups excluding carboxylic acids is 2. The lowest BCUT2D eigenvalue weighted by Crippen LogP contribution is -2.35. The molecular formula is C16H19ClN2O2S. The van der Waals surface area contributed by atoms with Crippen molar-refractivity contribution in [2.75, 3.05) is 6.54 Å². The molecule has 2 amide bonds. The van der Waals surface area contributed by atoms with Gasteiger partial charge in [-0.15, -0.1) is 11.8 Å². The van der Waals surface area contributed by atoms with Crippen molar-refractivity contribution in [3.63, 3.8) is 0 Å². The third-order valence-electron chi connectivity index (χ3n) is 3.94. The van der Waals surface area contributed by atoms with E-state index in [0.717, 1.165) is 18.4 Å². The van der Waals surface area contributed by atoms with Crippen molar-refractivity contribution in [1.29, 1.82) is 0 Å². The number of thioether (sulfide) groups is 1. The minimum absolute atomic E-state index is 0.0257. The van der Waals surface area contributed by atoms with E-state index in [1.807, 2.05) is 31.2 Å². The Labute approximate surface area is 139 Å². The first kappa shape index (κ1) is 15.7. The highest BCUT2D eigenvalue weighted by Crippen LogP contribution is 2.44. The quantitative estimate of drug-likeness (QED) is 0.898. The second-order valence-corrected chi connectivity index (χ2v) is 7.61. The monoisotopic (exact) mass is 338 g/mol. The Morgan fingerprint density at radius 3 is 2.82 bits per heavy atom. The van der Waals surface area contributed by atoms with E-state index in [2.05, 4.69) is 5.32 Å². The van der Waals surface area contributed by atoms with Crippen LogP contribution in [-0.4, -0.2) is 34.6 Å². The van der Waals surface area contributed by atoms with Gasteiger partial charge in [0.25, 0.3) is 0 Å². The van der Waals surface area contributed by atoms with Gasteiger partial charge in [0, 0.05) is 29.6 Å². The number of halogens is 1. The summed E-state index contributed by atoms with van der Waals surface area (Å²) < 4.78 is 0. The Balaban J connectivity index is 1.69. The Bertz CT molecular complexity index is 591. The van der Waals surface area contributed by atoms with Crippen molar-refractivity contribution < 1.29 is 9.59 Å². The second-order valence-electron chi connectivity index (χ2n) is 5.78. The van der Waals surface area contributed by atoms with Gasteiger partial charge in [-0.1, -0.05) is 29.8 Å². The summed E-state index contributed by atoms with van der Waals surface area (Å²) in [6.45, 7) is 2.34. The predicted octanol–water partition coefficient (Wildman–Crippen LogP) is 2.97. The highest BCUT2D eigenvalue weighted by Gasteiger charge is 2.39. The van der Waals surface area contributed by atoms with Crippen LogP contribution in [0.15, 0.2) is 24.3 Å². The Kier molecular flexibility index (Phi) is 4.64. The van der Waals surface area contributed by atoms with Gasteiger partial charge < -0.3 is 10.2 Å². The number of amides is 2. The number of hydrogen-bond donors (Lipinski definition) is 1. The maximum absolute atomic E-state index is 12.4. The summed E-state index contributed by atoms with van der Waals surface area (Å²) in [7, 11) is 0. The maximum atomic E-state index is 12.4. The topological polar surface area (TPSA) is 49.4 Å². The van der Waals surface area contributed by atoms with E-state index in [4.69, 9.17) is 11.6 Å². The highest BCUT2D eigenvalue weighted by molar-refractivity contribution is 8.01. The molecule has 1 aliphatic carbocycles. The average molecular weight is 339 g/mol. The lowest BCUT2D eigenvalue weighted by Gasteiger charge is -2.24. The van der Waals surface area contributed by atoms with Crippen molar-refractivity contribution in [2.24, 2.45) is 0 Å².